The van der Waals surface area contributed by atoms with Gasteiger partial charge in [-0.25, -0.2) is 18.7 Å². The molecule has 178 valence electrons. The number of nitrogens with zero attached hydrogens (tertiary/aromatic N) is 5. The van der Waals surface area contributed by atoms with Crippen molar-refractivity contribution in [2.75, 3.05) is 5.32 Å². The number of anilines is 2. The van der Waals surface area contributed by atoms with Crippen LogP contribution in [0, 0.1) is 5.82 Å². The Morgan fingerprint density at radius 1 is 1.17 bits per heavy atom. The first kappa shape index (κ1) is 22.5. The highest BCUT2D eigenvalue weighted by Crippen LogP contribution is 2.34. The Bertz CT molecular complexity index is 1760. The maximum Gasteiger partial charge on any atom is 0.435 e. The monoisotopic (exact) mass is 506 g/mol. The molecule has 1 aromatic carbocycles. The van der Waals surface area contributed by atoms with Crippen LogP contribution in [0.25, 0.3) is 27.5 Å². The lowest BCUT2D eigenvalue weighted by molar-refractivity contribution is -0.141. The molecule has 5 rings (SSSR count). The highest BCUT2D eigenvalue weighted by molar-refractivity contribution is 6.31. The smallest absolute Gasteiger partial charge is 0.435 e. The number of alkyl halides is 3. The molecule has 0 aliphatic heterocycles. The third-order valence-corrected chi connectivity index (χ3v) is 5.61. The molecule has 9 nitrogen and oxygen atoms in total. The summed E-state index contributed by atoms with van der Waals surface area (Å²) in [5, 5.41) is 16.0. The molecule has 0 fully saturated rings. The van der Waals surface area contributed by atoms with Gasteiger partial charge in [0.25, 0.3) is 5.56 Å². The first-order valence-corrected chi connectivity index (χ1v) is 10.1. The number of halogens is 5. The second kappa shape index (κ2) is 7.63. The van der Waals surface area contributed by atoms with Crippen molar-refractivity contribution < 1.29 is 27.5 Å². The molecule has 2 N–H and O–H groups in total. The Balaban J connectivity index is 1.86. The number of rotatable bonds is 3. The predicted molar refractivity (Wildman–Crippen MR) is 118 cm³/mol. The summed E-state index contributed by atoms with van der Waals surface area (Å²) in [7, 11) is 1.25. The van der Waals surface area contributed by atoms with Crippen LogP contribution >= 0.6 is 11.6 Å². The highest BCUT2D eigenvalue weighted by Gasteiger charge is 2.35. The first-order valence-electron chi connectivity index (χ1n) is 9.70. The van der Waals surface area contributed by atoms with Gasteiger partial charge in [-0.2, -0.15) is 23.3 Å². The van der Waals surface area contributed by atoms with Crippen LogP contribution in [0.2, 0.25) is 5.02 Å². The van der Waals surface area contributed by atoms with Gasteiger partial charge in [0.15, 0.2) is 11.3 Å². The average Bonchev–Trinajstić information content (AvgIpc) is 3.24. The van der Waals surface area contributed by atoms with E-state index in [0.29, 0.717) is 5.69 Å². The number of carboxylic acids is 1. The lowest BCUT2D eigenvalue weighted by atomic mass is 10.1. The number of nitrogens with one attached hydrogen (secondary N) is 1. The number of carboxylic acid groups (broad SMARTS) is 1. The molecular weight excluding hydrogens is 496 g/mol. The molecule has 35 heavy (non-hydrogen) atoms. The fourth-order valence-electron chi connectivity index (χ4n) is 3.74. The van der Waals surface area contributed by atoms with Crippen LogP contribution in [-0.2, 0) is 13.2 Å². The van der Waals surface area contributed by atoms with Crippen molar-refractivity contribution in [1.29, 1.82) is 0 Å². The summed E-state index contributed by atoms with van der Waals surface area (Å²) in [5.41, 5.74) is -2.61. The van der Waals surface area contributed by atoms with Crippen LogP contribution in [0.15, 0.2) is 41.3 Å². The molecule has 0 saturated heterocycles. The first-order chi connectivity index (χ1) is 16.5. The Hall–Kier alpha value is -4.26. The van der Waals surface area contributed by atoms with Gasteiger partial charge < -0.3 is 15.0 Å². The van der Waals surface area contributed by atoms with Crippen molar-refractivity contribution in [3.8, 4) is 0 Å². The minimum absolute atomic E-state index is 0.0186. The number of aromatic carboxylic acids is 1. The van der Waals surface area contributed by atoms with E-state index in [4.69, 9.17) is 11.6 Å². The SMILES string of the molecule is Cn1c(=O)c(C(=O)O)cc2c3cnc(Nc4ccc(F)c(Cl)c4)nc3n3nc(C(F)(F)F)cc3c21. The predicted octanol–water partition coefficient (Wildman–Crippen LogP) is 4.38. The molecule has 0 aliphatic rings. The molecule has 4 heterocycles. The van der Waals surface area contributed by atoms with E-state index in [1.165, 1.54) is 25.4 Å². The van der Waals surface area contributed by atoms with Gasteiger partial charge in [0, 0.05) is 29.7 Å². The van der Waals surface area contributed by atoms with Gasteiger partial charge in [-0.05, 0) is 30.3 Å². The Kier molecular flexibility index (Phi) is 4.91. The van der Waals surface area contributed by atoms with Crippen LogP contribution < -0.4 is 10.9 Å². The van der Waals surface area contributed by atoms with E-state index in [1.54, 1.807) is 0 Å². The lowest BCUT2D eigenvalue weighted by Gasteiger charge is -2.13. The molecule has 0 radical (unpaired) electrons. The molecule has 0 aliphatic carbocycles. The largest absolute Gasteiger partial charge is 0.477 e. The number of benzene rings is 1. The standard InChI is InChI=1S/C21H11ClF4N6O3/c1-31-16-9(5-10(18(31)33)19(34)35)11-7-27-20(28-8-2-3-13(23)12(22)4-8)29-17(11)32-14(16)6-15(30-32)21(24,25)26/h2-7H,1H3,(H,34,35)(H,27,28,29). The second-order valence-corrected chi connectivity index (χ2v) is 7.91. The topological polar surface area (TPSA) is 114 Å². The molecule has 5 aromatic rings. The maximum absolute atomic E-state index is 13.5. The molecule has 0 spiro atoms. The summed E-state index contributed by atoms with van der Waals surface area (Å²) in [6.07, 6.45) is -3.55. The van der Waals surface area contributed by atoms with Crippen LogP contribution in [0.5, 0.6) is 0 Å². The fourth-order valence-corrected chi connectivity index (χ4v) is 3.92. The molecule has 0 unspecified atom stereocenters. The van der Waals surface area contributed by atoms with E-state index >= 15 is 0 Å². The minimum Gasteiger partial charge on any atom is -0.477 e. The van der Waals surface area contributed by atoms with E-state index in [9.17, 15) is 32.3 Å². The van der Waals surface area contributed by atoms with Crippen LogP contribution in [0.1, 0.15) is 16.1 Å². The zero-order chi connectivity index (χ0) is 25.2. The van der Waals surface area contributed by atoms with Crippen molar-refractivity contribution in [2.24, 2.45) is 7.05 Å². The van der Waals surface area contributed by atoms with E-state index in [-0.39, 0.29) is 38.4 Å². The van der Waals surface area contributed by atoms with E-state index < -0.39 is 34.8 Å². The summed E-state index contributed by atoms with van der Waals surface area (Å²) >= 11 is 5.78. The Morgan fingerprint density at radius 3 is 2.57 bits per heavy atom. The minimum atomic E-state index is -4.80. The number of aryl methyl sites for hydroxylation is 1. The van der Waals surface area contributed by atoms with Gasteiger partial charge in [-0.1, -0.05) is 11.6 Å². The molecule has 0 amide bonds. The number of pyridine rings is 2. The summed E-state index contributed by atoms with van der Waals surface area (Å²) in [5.74, 6) is -2.23. The van der Waals surface area contributed by atoms with E-state index in [0.717, 1.165) is 27.3 Å². The van der Waals surface area contributed by atoms with Crippen LogP contribution in [-0.4, -0.2) is 35.2 Å². The van der Waals surface area contributed by atoms with Crippen molar-refractivity contribution >= 4 is 56.7 Å². The lowest BCUT2D eigenvalue weighted by Crippen LogP contribution is -2.24. The average molecular weight is 507 g/mol. The molecule has 14 heteroatoms. The molecule has 4 aromatic heterocycles. The molecule has 0 bridgehead atoms. The summed E-state index contributed by atoms with van der Waals surface area (Å²) in [6, 6.07) is 5.55. The molecule has 0 atom stereocenters. The fraction of sp³-hybridized carbons (Fsp3) is 0.0952. The van der Waals surface area contributed by atoms with Gasteiger partial charge in [0.1, 0.15) is 11.4 Å². The van der Waals surface area contributed by atoms with Crippen LogP contribution in [0.3, 0.4) is 0 Å². The van der Waals surface area contributed by atoms with E-state index in [2.05, 4.69) is 20.4 Å². The highest BCUT2D eigenvalue weighted by atomic mass is 35.5. The number of fused-ring (bicyclic) bond motifs is 6. The zero-order valence-corrected chi connectivity index (χ0v) is 18.1. The molecule has 0 saturated carbocycles. The van der Waals surface area contributed by atoms with Gasteiger partial charge in [-0.3, -0.25) is 4.79 Å². The molecular formula is C21H11ClF4N6O3. The Labute approximate surface area is 196 Å². The van der Waals surface area contributed by atoms with Gasteiger partial charge in [0.05, 0.1) is 16.1 Å². The van der Waals surface area contributed by atoms with Gasteiger partial charge in [0.2, 0.25) is 5.95 Å². The van der Waals surface area contributed by atoms with E-state index in [1.807, 2.05) is 0 Å². The number of carbonyl (C=O) groups is 1. The number of hydrogen-bond acceptors (Lipinski definition) is 6. The van der Waals surface area contributed by atoms with Crippen molar-refractivity contribution in [2.45, 2.75) is 6.18 Å². The summed E-state index contributed by atoms with van der Waals surface area (Å²) in [6.45, 7) is 0. The quantitative estimate of drug-likeness (QED) is 0.276. The zero-order valence-electron chi connectivity index (χ0n) is 17.4. The van der Waals surface area contributed by atoms with Crippen molar-refractivity contribution in [1.82, 2.24) is 24.1 Å². The van der Waals surface area contributed by atoms with Crippen molar-refractivity contribution in [3.05, 3.63) is 69.0 Å². The second-order valence-electron chi connectivity index (χ2n) is 7.50. The van der Waals surface area contributed by atoms with Gasteiger partial charge >= 0.3 is 12.1 Å². The summed E-state index contributed by atoms with van der Waals surface area (Å²) < 4.78 is 55.8. The van der Waals surface area contributed by atoms with Gasteiger partial charge in [-0.15, -0.1) is 0 Å². The summed E-state index contributed by atoms with van der Waals surface area (Å²) in [4.78, 5) is 32.6. The normalized spacial score (nSPS) is 12.1. The third kappa shape index (κ3) is 3.60. The third-order valence-electron chi connectivity index (χ3n) is 5.32. The number of aromatic nitrogens is 5. The Morgan fingerprint density at radius 2 is 1.91 bits per heavy atom. The van der Waals surface area contributed by atoms with Crippen molar-refractivity contribution in [3.63, 3.8) is 0 Å². The number of hydrogen-bond donors (Lipinski definition) is 2. The maximum atomic E-state index is 13.5. The van der Waals surface area contributed by atoms with Crippen LogP contribution in [0.4, 0.5) is 29.2 Å².